The Morgan fingerprint density at radius 2 is 1.88 bits per heavy atom. The maximum absolute atomic E-state index is 12.3. The zero-order chi connectivity index (χ0) is 18.9. The van der Waals surface area contributed by atoms with Crippen molar-refractivity contribution in [1.29, 1.82) is 0 Å². The van der Waals surface area contributed by atoms with Crippen molar-refractivity contribution in [2.75, 3.05) is 39.3 Å². The fourth-order valence-electron chi connectivity index (χ4n) is 2.94. The molecule has 1 amide bonds. The topological polar surface area (TPSA) is 57.2 Å². The van der Waals surface area contributed by atoms with Crippen molar-refractivity contribution in [2.45, 2.75) is 66.4 Å². The first-order valence-corrected chi connectivity index (χ1v) is 9.81. The highest BCUT2D eigenvalue weighted by Gasteiger charge is 2.27. The molecule has 1 aliphatic heterocycles. The molecule has 0 aromatic heterocycles. The second kappa shape index (κ2) is 10.5. The number of ether oxygens (including phenoxy) is 1. The summed E-state index contributed by atoms with van der Waals surface area (Å²) in [6.45, 7) is 17.2. The minimum Gasteiger partial charge on any atom is -0.444 e. The predicted molar refractivity (Wildman–Crippen MR) is 104 cm³/mol. The number of nitrogens with one attached hydrogen (secondary N) is 1. The van der Waals surface area contributed by atoms with E-state index in [2.05, 4.69) is 29.1 Å². The van der Waals surface area contributed by atoms with E-state index in [-0.39, 0.29) is 6.09 Å². The van der Waals surface area contributed by atoms with Crippen LogP contribution in [-0.2, 0) is 4.74 Å². The minimum absolute atomic E-state index is 0.199. The molecule has 0 aliphatic carbocycles. The normalized spacial score (nSPS) is 16.7. The molecule has 1 aliphatic rings. The SMILES string of the molecule is CCCN=C(NCC)N1CCC(CN(CC)C(=O)OC(C)(C)C)CC1. The zero-order valence-corrected chi connectivity index (χ0v) is 17.1. The van der Waals surface area contributed by atoms with Crippen LogP contribution in [0.1, 0.15) is 60.8 Å². The Morgan fingerprint density at radius 3 is 2.36 bits per heavy atom. The van der Waals surface area contributed by atoms with Gasteiger partial charge in [-0.3, -0.25) is 4.99 Å². The van der Waals surface area contributed by atoms with Gasteiger partial charge in [0.25, 0.3) is 0 Å². The number of amides is 1. The van der Waals surface area contributed by atoms with Crippen LogP contribution in [0, 0.1) is 5.92 Å². The molecule has 0 aromatic rings. The van der Waals surface area contributed by atoms with E-state index >= 15 is 0 Å². The molecule has 0 unspecified atom stereocenters. The molecule has 0 spiro atoms. The number of hydrogen-bond acceptors (Lipinski definition) is 3. The summed E-state index contributed by atoms with van der Waals surface area (Å²) in [5.74, 6) is 1.56. The number of hydrogen-bond donors (Lipinski definition) is 1. The molecular formula is C19H38N4O2. The molecule has 1 rings (SSSR count). The van der Waals surface area contributed by atoms with E-state index in [1.54, 1.807) is 0 Å². The molecule has 1 heterocycles. The van der Waals surface area contributed by atoms with Crippen molar-refractivity contribution in [1.82, 2.24) is 15.1 Å². The van der Waals surface area contributed by atoms with Gasteiger partial charge in [0.1, 0.15) is 5.60 Å². The van der Waals surface area contributed by atoms with Gasteiger partial charge in [-0.2, -0.15) is 0 Å². The van der Waals surface area contributed by atoms with Gasteiger partial charge in [0.05, 0.1) is 0 Å². The van der Waals surface area contributed by atoms with Crippen molar-refractivity contribution in [3.63, 3.8) is 0 Å². The van der Waals surface area contributed by atoms with E-state index in [9.17, 15) is 4.79 Å². The van der Waals surface area contributed by atoms with Gasteiger partial charge in [-0.1, -0.05) is 6.92 Å². The van der Waals surface area contributed by atoms with Crippen LogP contribution in [0.5, 0.6) is 0 Å². The van der Waals surface area contributed by atoms with E-state index in [0.29, 0.717) is 12.5 Å². The van der Waals surface area contributed by atoms with Crippen LogP contribution in [0.4, 0.5) is 4.79 Å². The molecule has 1 N–H and O–H groups in total. The van der Waals surface area contributed by atoms with Gasteiger partial charge in [0.15, 0.2) is 5.96 Å². The van der Waals surface area contributed by atoms with Crippen molar-refractivity contribution < 1.29 is 9.53 Å². The Balaban J connectivity index is 2.53. The monoisotopic (exact) mass is 354 g/mol. The highest BCUT2D eigenvalue weighted by atomic mass is 16.6. The zero-order valence-electron chi connectivity index (χ0n) is 17.1. The number of piperidine rings is 1. The Hall–Kier alpha value is -1.46. The van der Waals surface area contributed by atoms with Crippen molar-refractivity contribution in [3.8, 4) is 0 Å². The third kappa shape index (κ3) is 7.97. The van der Waals surface area contributed by atoms with Gasteiger partial charge >= 0.3 is 6.09 Å². The molecule has 6 nitrogen and oxygen atoms in total. The second-order valence-corrected chi connectivity index (χ2v) is 7.69. The minimum atomic E-state index is -0.440. The number of carbonyl (C=O) groups excluding carboxylic acids is 1. The first-order chi connectivity index (χ1) is 11.8. The standard InChI is InChI=1S/C19H38N4O2/c1-7-12-21-17(20-8-2)23-13-10-16(11-14-23)15-22(9-3)18(24)25-19(4,5)6/h16H,7-15H2,1-6H3,(H,20,21). The van der Waals surface area contributed by atoms with Crippen molar-refractivity contribution >= 4 is 12.1 Å². The number of nitrogens with zero attached hydrogens (tertiary/aromatic N) is 3. The molecule has 0 bridgehead atoms. The van der Waals surface area contributed by atoms with Crippen molar-refractivity contribution in [3.05, 3.63) is 0 Å². The molecule has 0 radical (unpaired) electrons. The summed E-state index contributed by atoms with van der Waals surface area (Å²) in [6, 6.07) is 0. The largest absolute Gasteiger partial charge is 0.444 e. The van der Waals surface area contributed by atoms with Gasteiger partial charge < -0.3 is 19.9 Å². The van der Waals surface area contributed by atoms with Crippen LogP contribution in [0.15, 0.2) is 4.99 Å². The fraction of sp³-hybridized carbons (Fsp3) is 0.895. The maximum atomic E-state index is 12.3. The molecule has 146 valence electrons. The second-order valence-electron chi connectivity index (χ2n) is 7.69. The maximum Gasteiger partial charge on any atom is 0.410 e. The van der Waals surface area contributed by atoms with Crippen molar-refractivity contribution in [2.24, 2.45) is 10.9 Å². The average Bonchev–Trinajstić information content (AvgIpc) is 2.55. The first kappa shape index (κ1) is 21.6. The predicted octanol–water partition coefficient (Wildman–Crippen LogP) is 3.33. The molecule has 0 saturated carbocycles. The molecule has 1 saturated heterocycles. The lowest BCUT2D eigenvalue weighted by Gasteiger charge is -2.36. The Bertz CT molecular complexity index is 424. The molecule has 25 heavy (non-hydrogen) atoms. The van der Waals surface area contributed by atoms with Gasteiger partial charge in [0.2, 0.25) is 0 Å². The first-order valence-electron chi connectivity index (χ1n) is 9.81. The molecule has 1 fully saturated rings. The third-order valence-electron chi connectivity index (χ3n) is 4.25. The Morgan fingerprint density at radius 1 is 1.24 bits per heavy atom. The lowest BCUT2D eigenvalue weighted by atomic mass is 9.96. The highest BCUT2D eigenvalue weighted by molar-refractivity contribution is 5.80. The quantitative estimate of drug-likeness (QED) is 0.587. The van der Waals surface area contributed by atoms with E-state index < -0.39 is 5.60 Å². The molecule has 0 aromatic carbocycles. The van der Waals surface area contributed by atoms with Crippen LogP contribution in [0.3, 0.4) is 0 Å². The lowest BCUT2D eigenvalue weighted by molar-refractivity contribution is 0.0214. The summed E-state index contributed by atoms with van der Waals surface area (Å²) in [5.41, 5.74) is -0.440. The van der Waals surface area contributed by atoms with Crippen LogP contribution < -0.4 is 5.32 Å². The molecule has 0 atom stereocenters. The number of likely N-dealkylation sites (tertiary alicyclic amines) is 1. The van der Waals surface area contributed by atoms with Crippen LogP contribution in [0.25, 0.3) is 0 Å². The summed E-state index contributed by atoms with van der Waals surface area (Å²) in [6.07, 6.45) is 3.02. The van der Waals surface area contributed by atoms with Crippen LogP contribution in [0.2, 0.25) is 0 Å². The average molecular weight is 355 g/mol. The third-order valence-corrected chi connectivity index (χ3v) is 4.25. The smallest absolute Gasteiger partial charge is 0.410 e. The number of aliphatic imine (C=N–C) groups is 1. The van der Waals surface area contributed by atoms with Gasteiger partial charge in [-0.05, 0) is 59.8 Å². The van der Waals surface area contributed by atoms with E-state index in [1.807, 2.05) is 32.6 Å². The fourth-order valence-corrected chi connectivity index (χ4v) is 2.94. The summed E-state index contributed by atoms with van der Waals surface area (Å²) >= 11 is 0. The molecular weight excluding hydrogens is 316 g/mol. The lowest BCUT2D eigenvalue weighted by Crippen LogP contribution is -2.48. The summed E-state index contributed by atoms with van der Waals surface area (Å²) in [4.78, 5) is 21.2. The number of carbonyl (C=O) groups is 1. The summed E-state index contributed by atoms with van der Waals surface area (Å²) in [7, 11) is 0. The van der Waals surface area contributed by atoms with E-state index in [0.717, 1.165) is 57.9 Å². The Kier molecular flexibility index (Phi) is 9.08. The van der Waals surface area contributed by atoms with Gasteiger partial charge in [-0.25, -0.2) is 4.79 Å². The van der Waals surface area contributed by atoms with Gasteiger partial charge in [0, 0.05) is 39.3 Å². The van der Waals surface area contributed by atoms with Gasteiger partial charge in [-0.15, -0.1) is 0 Å². The molecule has 6 heteroatoms. The number of guanidine groups is 1. The summed E-state index contributed by atoms with van der Waals surface area (Å²) < 4.78 is 5.52. The van der Waals surface area contributed by atoms with E-state index in [1.165, 1.54) is 0 Å². The Labute approximate surface area is 154 Å². The highest BCUT2D eigenvalue weighted by Crippen LogP contribution is 2.20. The van der Waals surface area contributed by atoms with Crippen LogP contribution in [-0.4, -0.2) is 66.7 Å². The van der Waals surface area contributed by atoms with E-state index in [4.69, 9.17) is 4.74 Å². The van der Waals surface area contributed by atoms with Crippen LogP contribution >= 0.6 is 0 Å². The number of rotatable bonds is 6. The summed E-state index contributed by atoms with van der Waals surface area (Å²) in [5, 5.41) is 3.39.